The first kappa shape index (κ1) is 19.1. The minimum absolute atomic E-state index is 0.176. The molecule has 8 heteroatoms. The van der Waals surface area contributed by atoms with Crippen LogP contribution in [-0.2, 0) is 13.1 Å². The molecule has 1 N–H and O–H groups in total. The Labute approximate surface area is 184 Å². The van der Waals surface area contributed by atoms with E-state index in [2.05, 4.69) is 21.2 Å². The summed E-state index contributed by atoms with van der Waals surface area (Å²) >= 11 is 5.15. The zero-order valence-corrected chi connectivity index (χ0v) is 18.1. The highest BCUT2D eigenvalue weighted by molar-refractivity contribution is 9.10. The van der Waals surface area contributed by atoms with Crippen molar-refractivity contribution in [2.45, 2.75) is 13.1 Å². The van der Waals surface area contributed by atoms with Crippen molar-refractivity contribution in [2.75, 3.05) is 6.79 Å². The molecular formula is C22H16BrFN2O3S. The third-order valence-electron chi connectivity index (χ3n) is 4.95. The first-order chi connectivity index (χ1) is 14.6. The van der Waals surface area contributed by atoms with Crippen molar-refractivity contribution in [3.63, 3.8) is 0 Å². The number of aromatic nitrogens is 1. The summed E-state index contributed by atoms with van der Waals surface area (Å²) in [5.41, 5.74) is 3.35. The van der Waals surface area contributed by atoms with Crippen molar-refractivity contribution in [2.24, 2.45) is 0 Å². The SMILES string of the molecule is O=C(NCc1ccc2c(c1)OCO2)c1cc2scc(Br)c2n1Cc1ccc(F)cc1. The smallest absolute Gasteiger partial charge is 0.268 e. The molecule has 0 radical (unpaired) electrons. The van der Waals surface area contributed by atoms with E-state index in [4.69, 9.17) is 9.47 Å². The normalized spacial score (nSPS) is 12.5. The molecule has 2 aromatic heterocycles. The van der Waals surface area contributed by atoms with Gasteiger partial charge >= 0.3 is 0 Å². The molecule has 4 aromatic rings. The maximum absolute atomic E-state index is 13.3. The fourth-order valence-electron chi connectivity index (χ4n) is 3.48. The van der Waals surface area contributed by atoms with Crippen LogP contribution in [-0.4, -0.2) is 17.3 Å². The van der Waals surface area contributed by atoms with Crippen LogP contribution < -0.4 is 14.8 Å². The van der Waals surface area contributed by atoms with Gasteiger partial charge in [0.1, 0.15) is 11.5 Å². The molecule has 0 bridgehead atoms. The highest BCUT2D eigenvalue weighted by Gasteiger charge is 2.19. The van der Waals surface area contributed by atoms with E-state index in [1.165, 1.54) is 12.1 Å². The lowest BCUT2D eigenvalue weighted by atomic mass is 10.2. The Morgan fingerprint density at radius 2 is 1.87 bits per heavy atom. The van der Waals surface area contributed by atoms with Crippen LogP contribution in [0.4, 0.5) is 4.39 Å². The first-order valence-corrected chi connectivity index (χ1v) is 10.9. The van der Waals surface area contributed by atoms with Crippen LogP contribution in [0, 0.1) is 5.82 Å². The Kier molecular flexibility index (Phi) is 4.96. The lowest BCUT2D eigenvalue weighted by Crippen LogP contribution is -2.25. The Morgan fingerprint density at radius 3 is 2.70 bits per heavy atom. The van der Waals surface area contributed by atoms with Gasteiger partial charge in [-0.3, -0.25) is 4.79 Å². The number of nitrogens with one attached hydrogen (secondary N) is 1. The van der Waals surface area contributed by atoms with E-state index in [1.54, 1.807) is 23.5 Å². The lowest BCUT2D eigenvalue weighted by molar-refractivity contribution is 0.0942. The van der Waals surface area contributed by atoms with E-state index in [-0.39, 0.29) is 18.5 Å². The molecule has 1 aliphatic heterocycles. The van der Waals surface area contributed by atoms with Crippen molar-refractivity contribution in [3.05, 3.63) is 81.0 Å². The number of ether oxygens (including phenoxy) is 2. The number of amides is 1. The van der Waals surface area contributed by atoms with Gasteiger partial charge in [-0.05, 0) is 57.4 Å². The van der Waals surface area contributed by atoms with E-state index >= 15 is 0 Å². The van der Waals surface area contributed by atoms with Crippen LogP contribution >= 0.6 is 27.3 Å². The second-order valence-electron chi connectivity index (χ2n) is 6.91. The summed E-state index contributed by atoms with van der Waals surface area (Å²) in [6.07, 6.45) is 0. The minimum atomic E-state index is -0.283. The van der Waals surface area contributed by atoms with Gasteiger partial charge in [-0.15, -0.1) is 11.3 Å². The monoisotopic (exact) mass is 486 g/mol. The second kappa shape index (κ2) is 7.77. The summed E-state index contributed by atoms with van der Waals surface area (Å²) in [7, 11) is 0. The van der Waals surface area contributed by atoms with Crippen molar-refractivity contribution in [1.82, 2.24) is 9.88 Å². The molecule has 1 amide bonds. The number of hydrogen-bond acceptors (Lipinski definition) is 4. The number of benzene rings is 2. The molecule has 0 unspecified atom stereocenters. The number of nitrogens with zero attached hydrogens (tertiary/aromatic N) is 1. The van der Waals surface area contributed by atoms with Gasteiger partial charge in [-0.25, -0.2) is 4.39 Å². The van der Waals surface area contributed by atoms with Gasteiger partial charge in [0.15, 0.2) is 11.5 Å². The largest absolute Gasteiger partial charge is 0.454 e. The van der Waals surface area contributed by atoms with Gasteiger partial charge in [-0.1, -0.05) is 18.2 Å². The average Bonchev–Trinajstić information content (AvgIpc) is 3.45. The molecule has 0 aliphatic carbocycles. The number of carbonyl (C=O) groups excluding carboxylic acids is 1. The number of hydrogen-bond donors (Lipinski definition) is 1. The molecule has 2 aromatic carbocycles. The van der Waals surface area contributed by atoms with E-state index in [1.807, 2.05) is 34.2 Å². The van der Waals surface area contributed by atoms with Gasteiger partial charge in [-0.2, -0.15) is 0 Å². The molecule has 0 saturated heterocycles. The topological polar surface area (TPSA) is 52.5 Å². The maximum atomic E-state index is 13.3. The number of rotatable bonds is 5. The predicted octanol–water partition coefficient (Wildman–Crippen LogP) is 5.31. The molecule has 30 heavy (non-hydrogen) atoms. The van der Waals surface area contributed by atoms with Crippen molar-refractivity contribution in [3.8, 4) is 11.5 Å². The number of carbonyl (C=O) groups is 1. The predicted molar refractivity (Wildman–Crippen MR) is 117 cm³/mol. The quantitative estimate of drug-likeness (QED) is 0.415. The molecule has 1 aliphatic rings. The van der Waals surface area contributed by atoms with Crippen molar-refractivity contribution in [1.29, 1.82) is 0 Å². The number of halogens is 2. The Balaban J connectivity index is 1.41. The second-order valence-corrected chi connectivity index (χ2v) is 8.67. The van der Waals surface area contributed by atoms with Crippen LogP contribution in [0.1, 0.15) is 21.6 Å². The molecule has 5 rings (SSSR count). The Bertz CT molecular complexity index is 1250. The molecule has 5 nitrogen and oxygen atoms in total. The number of thiophene rings is 1. The lowest BCUT2D eigenvalue weighted by Gasteiger charge is -2.12. The molecular weight excluding hydrogens is 471 g/mol. The Hall–Kier alpha value is -2.84. The van der Waals surface area contributed by atoms with Gasteiger partial charge < -0.3 is 19.4 Å². The van der Waals surface area contributed by atoms with E-state index in [9.17, 15) is 9.18 Å². The van der Waals surface area contributed by atoms with Crippen LogP contribution in [0.25, 0.3) is 10.2 Å². The van der Waals surface area contributed by atoms with Crippen molar-refractivity contribution >= 4 is 43.4 Å². The zero-order valence-electron chi connectivity index (χ0n) is 15.7. The molecule has 0 atom stereocenters. The third-order valence-corrected chi connectivity index (χ3v) is 6.78. The zero-order chi connectivity index (χ0) is 20.7. The van der Waals surface area contributed by atoms with E-state index in [0.29, 0.717) is 30.3 Å². The van der Waals surface area contributed by atoms with Gasteiger partial charge in [0.25, 0.3) is 5.91 Å². The first-order valence-electron chi connectivity index (χ1n) is 9.26. The van der Waals surface area contributed by atoms with Gasteiger partial charge in [0, 0.05) is 18.5 Å². The fourth-order valence-corrected chi connectivity index (χ4v) is 5.17. The van der Waals surface area contributed by atoms with Gasteiger partial charge in [0.2, 0.25) is 6.79 Å². The Morgan fingerprint density at radius 1 is 1.10 bits per heavy atom. The van der Waals surface area contributed by atoms with E-state index < -0.39 is 0 Å². The summed E-state index contributed by atoms with van der Waals surface area (Å²) in [6.45, 7) is 1.05. The standard InChI is InChI=1S/C22H16BrFN2O3S/c23-16-11-30-20-8-17(26(21(16)20)10-13-1-4-15(24)5-2-13)22(27)25-9-14-3-6-18-19(7-14)29-12-28-18/h1-8,11H,9-10,12H2,(H,25,27). The molecule has 3 heterocycles. The van der Waals surface area contributed by atoms with Crippen LogP contribution in [0.3, 0.4) is 0 Å². The average molecular weight is 487 g/mol. The highest BCUT2D eigenvalue weighted by Crippen LogP contribution is 2.34. The van der Waals surface area contributed by atoms with Gasteiger partial charge in [0.05, 0.1) is 14.7 Å². The molecule has 0 fully saturated rings. The summed E-state index contributed by atoms with van der Waals surface area (Å²) in [6, 6.07) is 13.8. The third kappa shape index (κ3) is 3.57. The fraction of sp³-hybridized carbons (Fsp3) is 0.136. The summed E-state index contributed by atoms with van der Waals surface area (Å²) in [5, 5.41) is 4.99. The van der Waals surface area contributed by atoms with E-state index in [0.717, 1.165) is 25.8 Å². The minimum Gasteiger partial charge on any atom is -0.454 e. The van der Waals surface area contributed by atoms with Crippen molar-refractivity contribution < 1.29 is 18.7 Å². The summed E-state index contributed by atoms with van der Waals surface area (Å²) in [4.78, 5) is 13.0. The molecule has 152 valence electrons. The van der Waals surface area contributed by atoms with Crippen LogP contribution in [0.15, 0.2) is 58.4 Å². The molecule has 0 spiro atoms. The number of fused-ring (bicyclic) bond motifs is 2. The summed E-state index contributed by atoms with van der Waals surface area (Å²) < 4.78 is 27.9. The summed E-state index contributed by atoms with van der Waals surface area (Å²) in [5.74, 6) is 0.939. The van der Waals surface area contributed by atoms with Crippen LogP contribution in [0.5, 0.6) is 11.5 Å². The maximum Gasteiger partial charge on any atom is 0.268 e. The highest BCUT2D eigenvalue weighted by atomic mass is 79.9. The van der Waals surface area contributed by atoms with Crippen LogP contribution in [0.2, 0.25) is 0 Å². The molecule has 0 saturated carbocycles.